The first-order chi connectivity index (χ1) is 12.8. The highest BCUT2D eigenvalue weighted by Gasteiger charge is 2.46. The molecule has 1 aromatic carbocycles. The van der Waals surface area contributed by atoms with E-state index in [1.165, 1.54) is 12.1 Å². The van der Waals surface area contributed by atoms with E-state index in [-0.39, 0.29) is 11.6 Å². The zero-order chi connectivity index (χ0) is 19.5. The Morgan fingerprint density at radius 1 is 1.00 bits per heavy atom. The Balaban J connectivity index is 1.82. The molecule has 2 aliphatic heterocycles. The second-order valence-corrected chi connectivity index (χ2v) is 8.01. The van der Waals surface area contributed by atoms with E-state index >= 15 is 4.39 Å². The number of hydrogen-bond donors (Lipinski definition) is 0. The van der Waals surface area contributed by atoms with Crippen LogP contribution in [0.1, 0.15) is 58.4 Å². The summed E-state index contributed by atoms with van der Waals surface area (Å²) in [5, 5.41) is 0. The molecule has 5 nitrogen and oxygen atoms in total. The van der Waals surface area contributed by atoms with Crippen LogP contribution >= 0.6 is 0 Å². The topological polar surface area (TPSA) is 57.7 Å². The Labute approximate surface area is 157 Å². The van der Waals surface area contributed by atoms with Gasteiger partial charge in [0.1, 0.15) is 5.82 Å². The summed E-state index contributed by atoms with van der Waals surface area (Å²) >= 11 is 0. The number of rotatable bonds is 3. The molecule has 0 bridgehead atoms. The Bertz CT molecular complexity index is 888. The minimum absolute atomic E-state index is 0.0512. The van der Waals surface area contributed by atoms with Gasteiger partial charge in [0.25, 0.3) is 11.8 Å². The molecule has 3 amide bonds. The van der Waals surface area contributed by atoms with Gasteiger partial charge in [0.2, 0.25) is 5.91 Å². The average Bonchev–Trinajstić information content (AvgIpc) is 2.99. The molecule has 0 atom stereocenters. The van der Waals surface area contributed by atoms with Crippen molar-refractivity contribution in [1.82, 2.24) is 0 Å². The van der Waals surface area contributed by atoms with Gasteiger partial charge in [-0.15, -0.1) is 0 Å². The Morgan fingerprint density at radius 3 is 2.15 bits per heavy atom. The second kappa shape index (κ2) is 6.01. The van der Waals surface area contributed by atoms with Gasteiger partial charge in [-0.05, 0) is 63.6 Å². The fraction of sp³-hybridized carbons (Fsp3) is 0.476. The fourth-order valence-electron chi connectivity index (χ4n) is 4.41. The van der Waals surface area contributed by atoms with Gasteiger partial charge < -0.3 is 4.90 Å². The summed E-state index contributed by atoms with van der Waals surface area (Å²) in [7, 11) is 0. The standard InChI is InChI=1S/C21H23FN2O3/c1-4-9-23-16-11-17(15(22)10-14(16)21(2,3)20(23)27)24-18(25)12-7-5-6-8-13(12)19(24)26/h10-11H,4-9H2,1-3H3. The number of nitrogens with zero attached hydrogens (tertiary/aromatic N) is 2. The molecule has 0 saturated carbocycles. The van der Waals surface area contributed by atoms with Gasteiger partial charge in [-0.25, -0.2) is 9.29 Å². The number of carbonyl (C=O) groups is 3. The van der Waals surface area contributed by atoms with Crippen molar-refractivity contribution in [1.29, 1.82) is 0 Å². The van der Waals surface area contributed by atoms with Crippen molar-refractivity contribution in [3.8, 4) is 0 Å². The number of hydrogen-bond acceptors (Lipinski definition) is 3. The lowest BCUT2D eigenvalue weighted by atomic mass is 9.86. The molecule has 0 saturated heterocycles. The maximum atomic E-state index is 15.0. The van der Waals surface area contributed by atoms with Gasteiger partial charge >= 0.3 is 0 Å². The second-order valence-electron chi connectivity index (χ2n) is 8.01. The molecule has 0 unspecified atom stereocenters. The van der Waals surface area contributed by atoms with E-state index in [1.54, 1.807) is 18.7 Å². The molecule has 1 aliphatic carbocycles. The minimum Gasteiger partial charge on any atom is -0.311 e. The number of carbonyl (C=O) groups excluding carboxylic acids is 3. The van der Waals surface area contributed by atoms with Gasteiger partial charge in [-0.2, -0.15) is 0 Å². The third-order valence-corrected chi connectivity index (χ3v) is 5.89. The molecule has 0 radical (unpaired) electrons. The molecule has 2 heterocycles. The fourth-order valence-corrected chi connectivity index (χ4v) is 4.41. The van der Waals surface area contributed by atoms with Crippen LogP contribution in [0.15, 0.2) is 23.3 Å². The quantitative estimate of drug-likeness (QED) is 0.764. The van der Waals surface area contributed by atoms with E-state index in [2.05, 4.69) is 0 Å². The van der Waals surface area contributed by atoms with Crippen molar-refractivity contribution in [2.75, 3.05) is 16.3 Å². The summed E-state index contributed by atoms with van der Waals surface area (Å²) in [5.74, 6) is -1.57. The van der Waals surface area contributed by atoms with Crippen molar-refractivity contribution in [3.05, 3.63) is 34.7 Å². The van der Waals surface area contributed by atoms with Gasteiger partial charge in [0.15, 0.2) is 0 Å². The maximum Gasteiger partial charge on any atom is 0.261 e. The molecule has 142 valence electrons. The lowest BCUT2D eigenvalue weighted by Gasteiger charge is -2.20. The lowest BCUT2D eigenvalue weighted by molar-refractivity contribution is -0.122. The summed E-state index contributed by atoms with van der Waals surface area (Å²) in [6.07, 6.45) is 3.62. The first kappa shape index (κ1) is 17.9. The van der Waals surface area contributed by atoms with Crippen LogP contribution in [0.25, 0.3) is 0 Å². The van der Waals surface area contributed by atoms with Gasteiger partial charge in [0, 0.05) is 17.7 Å². The molecule has 0 spiro atoms. The van der Waals surface area contributed by atoms with Crippen LogP contribution in [0.5, 0.6) is 0 Å². The summed E-state index contributed by atoms with van der Waals surface area (Å²) in [4.78, 5) is 41.0. The van der Waals surface area contributed by atoms with Crippen LogP contribution in [-0.4, -0.2) is 24.3 Å². The molecule has 27 heavy (non-hydrogen) atoms. The number of halogens is 1. The number of amides is 3. The third kappa shape index (κ3) is 2.38. The Hall–Kier alpha value is -2.50. The van der Waals surface area contributed by atoms with Crippen LogP contribution in [-0.2, 0) is 19.8 Å². The van der Waals surface area contributed by atoms with Crippen LogP contribution in [0.3, 0.4) is 0 Å². The van der Waals surface area contributed by atoms with Crippen molar-refractivity contribution in [2.24, 2.45) is 0 Å². The molecule has 0 fully saturated rings. The predicted octanol–water partition coefficient (Wildman–Crippen LogP) is 3.60. The first-order valence-electron chi connectivity index (χ1n) is 9.55. The summed E-state index contributed by atoms with van der Waals surface area (Å²) in [5.41, 5.74) is 1.35. The highest BCUT2D eigenvalue weighted by molar-refractivity contribution is 6.33. The van der Waals surface area contributed by atoms with Crippen molar-refractivity contribution < 1.29 is 18.8 Å². The first-order valence-corrected chi connectivity index (χ1v) is 9.55. The van der Waals surface area contributed by atoms with Crippen molar-refractivity contribution in [2.45, 2.75) is 58.3 Å². The predicted molar refractivity (Wildman–Crippen MR) is 100 cm³/mol. The summed E-state index contributed by atoms with van der Waals surface area (Å²) in [6.45, 7) is 6.02. The van der Waals surface area contributed by atoms with Crippen molar-refractivity contribution >= 4 is 29.1 Å². The van der Waals surface area contributed by atoms with Crippen molar-refractivity contribution in [3.63, 3.8) is 0 Å². The number of fused-ring (bicyclic) bond motifs is 1. The number of imide groups is 1. The lowest BCUT2D eigenvalue weighted by Crippen LogP contribution is -2.36. The van der Waals surface area contributed by atoms with E-state index < -0.39 is 23.0 Å². The number of benzene rings is 1. The van der Waals surface area contributed by atoms with E-state index in [0.717, 1.165) is 24.2 Å². The van der Waals surface area contributed by atoms with Crippen LogP contribution < -0.4 is 9.80 Å². The average molecular weight is 370 g/mol. The van der Waals surface area contributed by atoms with Gasteiger partial charge in [-0.1, -0.05) is 6.92 Å². The molecular weight excluding hydrogens is 347 g/mol. The minimum atomic E-state index is -0.833. The van der Waals surface area contributed by atoms with E-state index in [9.17, 15) is 14.4 Å². The summed E-state index contributed by atoms with van der Waals surface area (Å²) in [6, 6.07) is 2.82. The van der Waals surface area contributed by atoms with Crippen LogP contribution in [0.2, 0.25) is 0 Å². The highest BCUT2D eigenvalue weighted by atomic mass is 19.1. The molecule has 1 aromatic rings. The maximum absolute atomic E-state index is 15.0. The summed E-state index contributed by atoms with van der Waals surface area (Å²) < 4.78 is 15.0. The van der Waals surface area contributed by atoms with Gasteiger partial charge in [0.05, 0.1) is 16.8 Å². The van der Waals surface area contributed by atoms with E-state index in [0.29, 0.717) is 41.8 Å². The Kier molecular flexibility index (Phi) is 3.98. The largest absolute Gasteiger partial charge is 0.311 e. The molecule has 4 rings (SSSR count). The SMILES string of the molecule is CCCN1C(=O)C(C)(C)c2cc(F)c(N3C(=O)C4=C(CCCC4)C3=O)cc21. The zero-order valence-electron chi connectivity index (χ0n) is 15.9. The smallest absolute Gasteiger partial charge is 0.261 e. The Morgan fingerprint density at radius 2 is 1.59 bits per heavy atom. The number of anilines is 2. The van der Waals surface area contributed by atoms with Crippen LogP contribution in [0.4, 0.5) is 15.8 Å². The van der Waals surface area contributed by atoms with E-state index in [4.69, 9.17) is 0 Å². The molecule has 0 aromatic heterocycles. The van der Waals surface area contributed by atoms with E-state index in [1.807, 2.05) is 6.92 Å². The monoisotopic (exact) mass is 370 g/mol. The highest BCUT2D eigenvalue weighted by Crippen LogP contribution is 2.46. The normalized spacial score (nSPS) is 21.3. The van der Waals surface area contributed by atoms with Crippen LogP contribution in [0, 0.1) is 5.82 Å². The zero-order valence-corrected chi connectivity index (χ0v) is 15.9. The molecule has 0 N–H and O–H groups in total. The third-order valence-electron chi connectivity index (χ3n) is 5.89. The molecule has 3 aliphatic rings. The molecular formula is C21H23FN2O3. The van der Waals surface area contributed by atoms with Gasteiger partial charge in [-0.3, -0.25) is 14.4 Å². The molecule has 6 heteroatoms.